The number of hydrogen-bond donors (Lipinski definition) is 0. The van der Waals surface area contributed by atoms with Gasteiger partial charge in [0.1, 0.15) is 6.33 Å². The monoisotopic (exact) mass is 676 g/mol. The zero-order valence-corrected chi connectivity index (χ0v) is 30.9. The molecular weight excluding hydrogens is 633 g/mol. The molecule has 0 aliphatic carbocycles. The fourth-order valence-corrected chi connectivity index (χ4v) is 8.62. The van der Waals surface area contributed by atoms with Crippen molar-refractivity contribution >= 4 is 17.1 Å². The molecule has 0 radical (unpaired) electrons. The Morgan fingerprint density at radius 1 is 0.673 bits per heavy atom. The van der Waals surface area contributed by atoms with Crippen molar-refractivity contribution in [2.45, 2.75) is 65.3 Å². The van der Waals surface area contributed by atoms with Crippen molar-refractivity contribution < 1.29 is 9.13 Å². The van der Waals surface area contributed by atoms with E-state index in [1.165, 1.54) is 61.5 Å². The quantitative estimate of drug-likeness (QED) is 0.171. The first-order chi connectivity index (χ1) is 25.2. The Bertz CT molecular complexity index is 2590. The fourth-order valence-electron chi connectivity index (χ4n) is 8.62. The standard InChI is InChI=1S/C48H44N4/c1-30-13-15-35(32(3)24-30)38-18-17-36(46-43(38)28-49-29-50-46)33-14-16-41-42(26-33)44-27-34(48(4,5)6)20-22-51(44)21-9-12-40-37-10-7-8-11-39(37)45-25-31(2)19-23-52(45)47(40)41/h7-11,13-29,40,47H,12H2,1-6H3/q+2/b21-9+. The van der Waals surface area contributed by atoms with Crippen LogP contribution in [-0.4, -0.2) is 9.97 Å². The Kier molecular flexibility index (Phi) is 7.55. The average molecular weight is 677 g/mol. The maximum atomic E-state index is 4.94. The van der Waals surface area contributed by atoms with Gasteiger partial charge in [-0.2, -0.15) is 9.13 Å². The van der Waals surface area contributed by atoms with Crippen LogP contribution in [0.5, 0.6) is 0 Å². The van der Waals surface area contributed by atoms with E-state index in [-0.39, 0.29) is 17.4 Å². The largest absolute Gasteiger partial charge is 0.244 e. The molecule has 0 saturated heterocycles. The summed E-state index contributed by atoms with van der Waals surface area (Å²) in [6.07, 6.45) is 13.8. The van der Waals surface area contributed by atoms with Gasteiger partial charge >= 0.3 is 0 Å². The molecule has 2 unspecified atom stereocenters. The Morgan fingerprint density at radius 2 is 1.48 bits per heavy atom. The molecule has 0 saturated carbocycles. The van der Waals surface area contributed by atoms with E-state index in [2.05, 4.69) is 177 Å². The molecule has 5 heterocycles. The minimum atomic E-state index is -0.00222. The van der Waals surface area contributed by atoms with E-state index in [0.717, 1.165) is 34.0 Å². The second-order valence-corrected chi connectivity index (χ2v) is 15.8. The number of aromatic nitrogens is 4. The van der Waals surface area contributed by atoms with Gasteiger partial charge in [0.05, 0.1) is 17.0 Å². The van der Waals surface area contributed by atoms with Crippen molar-refractivity contribution in [1.82, 2.24) is 9.97 Å². The van der Waals surface area contributed by atoms with E-state index >= 15 is 0 Å². The molecule has 7 aromatic rings. The Balaban J connectivity index is 1.32. The lowest BCUT2D eigenvalue weighted by molar-refractivity contribution is -0.708. The number of hydrogen-bond acceptors (Lipinski definition) is 2. The number of allylic oxidation sites excluding steroid dienone is 1. The van der Waals surface area contributed by atoms with Gasteiger partial charge in [0.25, 0.3) is 0 Å². The summed E-state index contributed by atoms with van der Waals surface area (Å²) >= 11 is 0. The first kappa shape index (κ1) is 32.2. The topological polar surface area (TPSA) is 33.5 Å². The molecular formula is C48H44N4+2. The lowest BCUT2D eigenvalue weighted by atomic mass is 9.76. The first-order valence-electron chi connectivity index (χ1n) is 18.4. The molecule has 2 aliphatic rings. The highest BCUT2D eigenvalue weighted by atomic mass is 15.0. The molecule has 4 heteroatoms. The summed E-state index contributed by atoms with van der Waals surface area (Å²) in [6.45, 7) is 13.4. The second kappa shape index (κ2) is 12.2. The minimum absolute atomic E-state index is 0.00222. The van der Waals surface area contributed by atoms with Gasteiger partial charge in [-0.15, -0.1) is 0 Å². The predicted molar refractivity (Wildman–Crippen MR) is 212 cm³/mol. The van der Waals surface area contributed by atoms with E-state index < -0.39 is 0 Å². The van der Waals surface area contributed by atoms with Crippen LogP contribution >= 0.6 is 0 Å². The van der Waals surface area contributed by atoms with E-state index in [9.17, 15) is 0 Å². The molecule has 0 fully saturated rings. The summed E-state index contributed by atoms with van der Waals surface area (Å²) in [5.74, 6) is 0.264. The van der Waals surface area contributed by atoms with Gasteiger partial charge in [-0.1, -0.05) is 87.0 Å². The van der Waals surface area contributed by atoms with Crippen molar-refractivity contribution in [2.24, 2.45) is 0 Å². The molecule has 4 aromatic carbocycles. The van der Waals surface area contributed by atoms with Crippen LogP contribution in [0.15, 0.2) is 128 Å². The van der Waals surface area contributed by atoms with Crippen LogP contribution in [0.2, 0.25) is 0 Å². The van der Waals surface area contributed by atoms with Crippen LogP contribution in [-0.2, 0) is 5.41 Å². The highest BCUT2D eigenvalue weighted by molar-refractivity contribution is 6.03. The van der Waals surface area contributed by atoms with Gasteiger partial charge in [0.2, 0.25) is 11.4 Å². The highest BCUT2D eigenvalue weighted by Crippen LogP contribution is 2.47. The van der Waals surface area contributed by atoms with E-state index in [0.29, 0.717) is 0 Å². The molecule has 9 rings (SSSR count). The number of fused-ring (bicyclic) bond motifs is 11. The molecule has 52 heavy (non-hydrogen) atoms. The first-order valence-corrected chi connectivity index (χ1v) is 18.4. The van der Waals surface area contributed by atoms with Crippen LogP contribution in [0, 0.1) is 20.8 Å². The van der Waals surface area contributed by atoms with Gasteiger partial charge in [0, 0.05) is 52.5 Å². The summed E-state index contributed by atoms with van der Waals surface area (Å²) in [5.41, 5.74) is 18.5. The smallest absolute Gasteiger partial charge is 0.218 e. The Morgan fingerprint density at radius 3 is 2.33 bits per heavy atom. The summed E-state index contributed by atoms with van der Waals surface area (Å²) in [5, 5.41) is 1.06. The number of benzene rings is 4. The maximum absolute atomic E-state index is 4.94. The van der Waals surface area contributed by atoms with Crippen LogP contribution in [0.1, 0.15) is 72.5 Å². The molecule has 2 aliphatic heterocycles. The molecule has 0 bridgehead atoms. The molecule has 2 atom stereocenters. The third kappa shape index (κ3) is 5.28. The van der Waals surface area contributed by atoms with E-state index in [1.54, 1.807) is 6.33 Å². The van der Waals surface area contributed by atoms with Crippen LogP contribution in [0.3, 0.4) is 0 Å². The average Bonchev–Trinajstić information content (AvgIpc) is 3.20. The SMILES string of the molecule is Cc1ccc(-c2ccc(-c3ccc4c(c3)-c3cc(C(C)(C)C)cc[n+]3/C=C/CC3c5ccccc5-c5cc(C)cc[n+]5C43)c3ncncc23)c(C)c1. The zero-order valence-electron chi connectivity index (χ0n) is 30.9. The van der Waals surface area contributed by atoms with Gasteiger partial charge in [0.15, 0.2) is 24.6 Å². The maximum Gasteiger partial charge on any atom is 0.218 e. The Hall–Kier alpha value is -5.74. The highest BCUT2D eigenvalue weighted by Gasteiger charge is 2.43. The van der Waals surface area contributed by atoms with Crippen LogP contribution in [0.25, 0.3) is 61.9 Å². The summed E-state index contributed by atoms with van der Waals surface area (Å²) in [7, 11) is 0. The molecule has 0 spiro atoms. The number of rotatable bonds is 2. The Labute approximate surface area is 306 Å². The van der Waals surface area contributed by atoms with Crippen molar-refractivity contribution in [2.75, 3.05) is 0 Å². The predicted octanol–water partition coefficient (Wildman–Crippen LogP) is 10.7. The van der Waals surface area contributed by atoms with Crippen molar-refractivity contribution in [3.05, 3.63) is 161 Å². The molecule has 0 N–H and O–H groups in total. The van der Waals surface area contributed by atoms with Crippen molar-refractivity contribution in [3.8, 4) is 44.8 Å². The molecule has 0 amide bonds. The van der Waals surface area contributed by atoms with Crippen LogP contribution < -0.4 is 9.13 Å². The van der Waals surface area contributed by atoms with E-state index in [4.69, 9.17) is 4.98 Å². The molecule has 254 valence electrons. The summed E-state index contributed by atoms with van der Waals surface area (Å²) < 4.78 is 4.86. The van der Waals surface area contributed by atoms with Gasteiger partial charge in [-0.25, -0.2) is 9.97 Å². The van der Waals surface area contributed by atoms with Crippen LogP contribution in [0.4, 0.5) is 0 Å². The minimum Gasteiger partial charge on any atom is -0.244 e. The number of aryl methyl sites for hydroxylation is 3. The third-order valence-electron chi connectivity index (χ3n) is 11.3. The van der Waals surface area contributed by atoms with Gasteiger partial charge in [-0.3, -0.25) is 0 Å². The molecule has 3 aromatic heterocycles. The van der Waals surface area contributed by atoms with Crippen molar-refractivity contribution in [1.29, 1.82) is 0 Å². The third-order valence-corrected chi connectivity index (χ3v) is 11.3. The normalized spacial score (nSPS) is 16.7. The van der Waals surface area contributed by atoms with Gasteiger partial charge < -0.3 is 0 Å². The number of nitrogens with zero attached hydrogens (tertiary/aromatic N) is 4. The van der Waals surface area contributed by atoms with Crippen molar-refractivity contribution in [3.63, 3.8) is 0 Å². The summed E-state index contributed by atoms with van der Waals surface area (Å²) in [4.78, 5) is 9.45. The fraction of sp³-hybridized carbons (Fsp3) is 0.208. The van der Waals surface area contributed by atoms with Gasteiger partial charge in [-0.05, 0) is 89.8 Å². The lowest BCUT2D eigenvalue weighted by Crippen LogP contribution is -2.48. The number of pyridine rings is 2. The zero-order chi connectivity index (χ0) is 35.7. The van der Waals surface area contributed by atoms with E-state index in [1.807, 2.05) is 6.20 Å². The molecule has 4 nitrogen and oxygen atoms in total. The lowest BCUT2D eigenvalue weighted by Gasteiger charge is -2.31. The second-order valence-electron chi connectivity index (χ2n) is 15.8. The summed E-state index contributed by atoms with van der Waals surface area (Å²) in [6, 6.07) is 36.8.